The monoisotopic (exact) mass is 303 g/mol. The van der Waals surface area contributed by atoms with Gasteiger partial charge in [0.15, 0.2) is 0 Å². The molecule has 6 N–H and O–H groups in total. The van der Waals surface area contributed by atoms with Crippen LogP contribution in [0.2, 0.25) is 0 Å². The fourth-order valence-electron chi connectivity index (χ4n) is 1.46. The van der Waals surface area contributed by atoms with E-state index in [2.05, 4.69) is 10.6 Å². The Morgan fingerprint density at radius 2 is 1.71 bits per heavy atom. The van der Waals surface area contributed by atoms with Gasteiger partial charge in [0.1, 0.15) is 18.6 Å². The first kappa shape index (κ1) is 18.8. The lowest BCUT2D eigenvalue weighted by molar-refractivity contribution is -0.139. The van der Waals surface area contributed by atoms with Gasteiger partial charge in [-0.1, -0.05) is 13.8 Å². The molecule has 0 fully saturated rings. The molecule has 0 saturated carbocycles. The Kier molecular flexibility index (Phi) is 7.99. The third-order valence-corrected chi connectivity index (χ3v) is 2.68. The molecule has 0 aliphatic heterocycles. The molecule has 120 valence electrons. The number of carboxylic acid groups (broad SMARTS) is 2. The smallest absolute Gasteiger partial charge is 0.322 e. The number of hydrogen-bond acceptors (Lipinski definition) is 5. The van der Waals surface area contributed by atoms with Crippen molar-refractivity contribution in [3.63, 3.8) is 0 Å². The van der Waals surface area contributed by atoms with Gasteiger partial charge in [-0.25, -0.2) is 0 Å². The van der Waals surface area contributed by atoms with E-state index in [1.165, 1.54) is 0 Å². The maximum atomic E-state index is 11.8. The molecule has 0 spiro atoms. The number of carboxylic acids is 2. The maximum Gasteiger partial charge on any atom is 0.322 e. The molecule has 2 atom stereocenters. The molecular formula is C12H21N3O6. The van der Waals surface area contributed by atoms with Crippen LogP contribution in [-0.2, 0) is 19.2 Å². The van der Waals surface area contributed by atoms with Gasteiger partial charge in [0.25, 0.3) is 0 Å². The summed E-state index contributed by atoms with van der Waals surface area (Å²) in [4.78, 5) is 44.3. The normalized spacial score (nSPS) is 13.3. The minimum Gasteiger partial charge on any atom is -0.480 e. The summed E-state index contributed by atoms with van der Waals surface area (Å²) in [7, 11) is 0. The van der Waals surface area contributed by atoms with Gasteiger partial charge in [-0.05, 0) is 12.3 Å². The third kappa shape index (κ3) is 7.88. The van der Waals surface area contributed by atoms with E-state index in [1.54, 1.807) is 13.8 Å². The number of rotatable bonds is 9. The van der Waals surface area contributed by atoms with Crippen molar-refractivity contribution in [2.24, 2.45) is 11.7 Å². The molecule has 0 aliphatic carbocycles. The largest absolute Gasteiger partial charge is 0.480 e. The van der Waals surface area contributed by atoms with Crippen molar-refractivity contribution in [1.82, 2.24) is 10.6 Å². The van der Waals surface area contributed by atoms with E-state index in [-0.39, 0.29) is 18.8 Å². The van der Waals surface area contributed by atoms with Crippen LogP contribution >= 0.6 is 0 Å². The number of amides is 2. The summed E-state index contributed by atoms with van der Waals surface area (Å²) in [5.41, 5.74) is 5.27. The van der Waals surface area contributed by atoms with Crippen molar-refractivity contribution >= 4 is 23.8 Å². The number of nitrogens with one attached hydrogen (secondary N) is 2. The Morgan fingerprint density at radius 3 is 2.14 bits per heavy atom. The topological polar surface area (TPSA) is 159 Å². The van der Waals surface area contributed by atoms with Gasteiger partial charge < -0.3 is 26.6 Å². The van der Waals surface area contributed by atoms with E-state index in [1.807, 2.05) is 0 Å². The predicted octanol–water partition coefficient (Wildman–Crippen LogP) is -1.48. The highest BCUT2D eigenvalue weighted by molar-refractivity contribution is 5.89. The molecule has 2 amide bonds. The Balaban J connectivity index is 4.43. The van der Waals surface area contributed by atoms with Crippen molar-refractivity contribution in [3.8, 4) is 0 Å². The van der Waals surface area contributed by atoms with Crippen LogP contribution in [0.1, 0.15) is 26.7 Å². The van der Waals surface area contributed by atoms with E-state index in [9.17, 15) is 19.2 Å². The summed E-state index contributed by atoms with van der Waals surface area (Å²) in [5.74, 6) is -3.78. The molecule has 0 saturated heterocycles. The maximum absolute atomic E-state index is 11.8. The quantitative estimate of drug-likeness (QED) is 0.347. The highest BCUT2D eigenvalue weighted by atomic mass is 16.4. The lowest BCUT2D eigenvalue weighted by Gasteiger charge is -2.21. The van der Waals surface area contributed by atoms with Gasteiger partial charge in [-0.2, -0.15) is 0 Å². The molecule has 0 bridgehead atoms. The highest BCUT2D eigenvalue weighted by Crippen LogP contribution is 2.03. The molecule has 0 aromatic rings. The van der Waals surface area contributed by atoms with Crippen molar-refractivity contribution in [2.45, 2.75) is 38.8 Å². The second-order valence-corrected chi connectivity index (χ2v) is 4.88. The number of carbonyl (C=O) groups excluding carboxylic acids is 2. The van der Waals surface area contributed by atoms with Gasteiger partial charge in [-0.3, -0.25) is 19.2 Å². The first-order valence-electron chi connectivity index (χ1n) is 6.42. The summed E-state index contributed by atoms with van der Waals surface area (Å²) in [6.07, 6.45) is -0.189. The molecule has 0 aromatic carbocycles. The van der Waals surface area contributed by atoms with Gasteiger partial charge in [0, 0.05) is 6.42 Å². The zero-order chi connectivity index (χ0) is 16.6. The lowest BCUT2D eigenvalue weighted by Crippen LogP contribution is -2.50. The Morgan fingerprint density at radius 1 is 1.14 bits per heavy atom. The first-order valence-corrected chi connectivity index (χ1v) is 6.42. The van der Waals surface area contributed by atoms with E-state index < -0.39 is 42.4 Å². The van der Waals surface area contributed by atoms with Crippen LogP contribution in [0.5, 0.6) is 0 Å². The SMILES string of the molecule is CC(C)C(NC(=O)CC[C@H](N)C(=O)O)C(=O)NCC(=O)O. The zero-order valence-electron chi connectivity index (χ0n) is 12.0. The molecule has 1 unspecified atom stereocenters. The van der Waals surface area contributed by atoms with Gasteiger partial charge in [-0.15, -0.1) is 0 Å². The number of carbonyl (C=O) groups is 4. The Hall–Kier alpha value is -2.16. The number of hydrogen-bond donors (Lipinski definition) is 5. The van der Waals surface area contributed by atoms with E-state index in [0.717, 1.165) is 0 Å². The standard InChI is InChI=1S/C12H21N3O6/c1-6(2)10(11(19)14-5-9(17)18)15-8(16)4-3-7(13)12(20)21/h6-7,10H,3-5,13H2,1-2H3,(H,14,19)(H,15,16)(H,17,18)(H,20,21)/t7-,10?/m0/s1. The van der Waals surface area contributed by atoms with Gasteiger partial charge in [0.05, 0.1) is 0 Å². The Bertz CT molecular complexity index is 410. The van der Waals surface area contributed by atoms with Gasteiger partial charge >= 0.3 is 11.9 Å². The second-order valence-electron chi connectivity index (χ2n) is 4.88. The first-order chi connectivity index (χ1) is 9.65. The van der Waals surface area contributed by atoms with Crippen molar-refractivity contribution < 1.29 is 29.4 Å². The van der Waals surface area contributed by atoms with Crippen LogP contribution in [0.3, 0.4) is 0 Å². The average Bonchev–Trinajstić information content (AvgIpc) is 2.38. The number of aliphatic carboxylic acids is 2. The molecule has 21 heavy (non-hydrogen) atoms. The fourth-order valence-corrected chi connectivity index (χ4v) is 1.46. The number of nitrogens with two attached hydrogens (primary N) is 1. The highest BCUT2D eigenvalue weighted by Gasteiger charge is 2.24. The molecule has 0 radical (unpaired) electrons. The van der Waals surface area contributed by atoms with Crippen LogP contribution in [0, 0.1) is 5.92 Å². The summed E-state index contributed by atoms with van der Waals surface area (Å²) >= 11 is 0. The average molecular weight is 303 g/mol. The second kappa shape index (κ2) is 8.90. The summed E-state index contributed by atoms with van der Waals surface area (Å²) in [6, 6.07) is -2.04. The summed E-state index contributed by atoms with van der Waals surface area (Å²) < 4.78 is 0. The molecule has 9 nitrogen and oxygen atoms in total. The predicted molar refractivity (Wildman–Crippen MR) is 72.3 cm³/mol. The molecule has 0 rings (SSSR count). The van der Waals surface area contributed by atoms with Crippen molar-refractivity contribution in [3.05, 3.63) is 0 Å². The molecule has 0 aromatic heterocycles. The van der Waals surface area contributed by atoms with E-state index in [0.29, 0.717) is 0 Å². The summed E-state index contributed by atoms with van der Waals surface area (Å²) in [5, 5.41) is 21.7. The van der Waals surface area contributed by atoms with E-state index in [4.69, 9.17) is 15.9 Å². The van der Waals surface area contributed by atoms with Crippen LogP contribution in [0.25, 0.3) is 0 Å². The minimum atomic E-state index is -1.21. The molecule has 0 aliphatic rings. The Labute approximate surface area is 121 Å². The minimum absolute atomic E-state index is 0.0529. The van der Waals surface area contributed by atoms with E-state index >= 15 is 0 Å². The molecule has 0 heterocycles. The molecular weight excluding hydrogens is 282 g/mol. The summed E-state index contributed by atoms with van der Waals surface area (Å²) in [6.45, 7) is 2.84. The molecule has 9 heteroatoms. The van der Waals surface area contributed by atoms with Crippen LogP contribution < -0.4 is 16.4 Å². The van der Waals surface area contributed by atoms with Crippen LogP contribution in [0.4, 0.5) is 0 Å². The zero-order valence-corrected chi connectivity index (χ0v) is 12.0. The van der Waals surface area contributed by atoms with Crippen molar-refractivity contribution in [1.29, 1.82) is 0 Å². The lowest BCUT2D eigenvalue weighted by atomic mass is 10.0. The van der Waals surface area contributed by atoms with Crippen molar-refractivity contribution in [2.75, 3.05) is 6.54 Å². The fraction of sp³-hybridized carbons (Fsp3) is 0.667. The van der Waals surface area contributed by atoms with Crippen LogP contribution in [-0.4, -0.2) is 52.6 Å². The third-order valence-electron chi connectivity index (χ3n) is 2.68. The van der Waals surface area contributed by atoms with Gasteiger partial charge in [0.2, 0.25) is 11.8 Å². The van der Waals surface area contributed by atoms with Crippen LogP contribution in [0.15, 0.2) is 0 Å².